The minimum atomic E-state index is 0.504. The van der Waals surface area contributed by atoms with Crippen LogP contribution in [-0.4, -0.2) is 6.04 Å². The summed E-state index contributed by atoms with van der Waals surface area (Å²) in [6, 6.07) is 13.4. The van der Waals surface area contributed by atoms with Gasteiger partial charge in [-0.05, 0) is 29.0 Å². The maximum atomic E-state index is 2.47. The maximum absolute atomic E-state index is 2.47. The predicted molar refractivity (Wildman–Crippen MR) is 76.2 cm³/mol. The summed E-state index contributed by atoms with van der Waals surface area (Å²) in [6.45, 7) is 0. The summed E-state index contributed by atoms with van der Waals surface area (Å²) in [5, 5.41) is 5.05. The normalized spacial score (nSPS) is 25.1. The van der Waals surface area contributed by atoms with Gasteiger partial charge in [0, 0.05) is 10.6 Å². The number of hydrogen-bond acceptors (Lipinski definition) is 3. The van der Waals surface area contributed by atoms with E-state index in [2.05, 4.69) is 58.2 Å². The average molecular weight is 257 g/mol. The number of benzene rings is 1. The van der Waals surface area contributed by atoms with Gasteiger partial charge in [0.05, 0.1) is 17.0 Å². The highest BCUT2D eigenvalue weighted by atomic mass is 32.2. The quantitative estimate of drug-likeness (QED) is 0.736. The van der Waals surface area contributed by atoms with Gasteiger partial charge in [-0.25, -0.2) is 0 Å². The molecule has 0 saturated carbocycles. The molecule has 4 rings (SSSR count). The Morgan fingerprint density at radius 3 is 2.82 bits per heavy atom. The fourth-order valence-corrected chi connectivity index (χ4v) is 4.89. The summed E-state index contributed by atoms with van der Waals surface area (Å²) in [7, 11) is 0. The van der Waals surface area contributed by atoms with E-state index in [-0.39, 0.29) is 0 Å². The van der Waals surface area contributed by atoms with E-state index in [1.165, 1.54) is 16.3 Å². The lowest BCUT2D eigenvalue weighted by atomic mass is 10.2. The van der Waals surface area contributed by atoms with Gasteiger partial charge in [0.1, 0.15) is 0 Å². The van der Waals surface area contributed by atoms with E-state index in [0.717, 1.165) is 0 Å². The fraction of sp³-hybridized carbons (Fsp3) is 0.143. The lowest BCUT2D eigenvalue weighted by Crippen LogP contribution is -2.25. The minimum Gasteiger partial charge on any atom is -0.332 e. The number of anilines is 2. The number of nitrogens with zero attached hydrogens (tertiary/aromatic N) is 1. The summed E-state index contributed by atoms with van der Waals surface area (Å²) >= 11 is 3.83. The third kappa shape index (κ3) is 1.33. The van der Waals surface area contributed by atoms with Crippen molar-refractivity contribution in [2.24, 2.45) is 0 Å². The van der Waals surface area contributed by atoms with Crippen LogP contribution in [0.1, 0.15) is 10.1 Å². The molecule has 0 saturated heterocycles. The van der Waals surface area contributed by atoms with Gasteiger partial charge in [-0.3, -0.25) is 0 Å². The maximum Gasteiger partial charge on any atom is 0.0702 e. The van der Waals surface area contributed by atoms with Gasteiger partial charge in [0.25, 0.3) is 0 Å². The zero-order chi connectivity index (χ0) is 11.2. The molecule has 0 bridgehead atoms. The van der Waals surface area contributed by atoms with Crippen LogP contribution in [0.25, 0.3) is 0 Å². The van der Waals surface area contributed by atoms with Gasteiger partial charge >= 0.3 is 0 Å². The molecule has 2 atom stereocenters. The molecular weight excluding hydrogens is 246 g/mol. The minimum absolute atomic E-state index is 0.504. The zero-order valence-electron chi connectivity index (χ0n) is 9.11. The second-order valence-electron chi connectivity index (χ2n) is 4.25. The first-order valence-electron chi connectivity index (χ1n) is 5.69. The molecule has 0 N–H and O–H groups in total. The van der Waals surface area contributed by atoms with Crippen molar-refractivity contribution in [1.29, 1.82) is 0 Å². The highest BCUT2D eigenvalue weighted by Crippen LogP contribution is 2.55. The Morgan fingerprint density at radius 1 is 1.06 bits per heavy atom. The molecule has 0 fully saturated rings. The van der Waals surface area contributed by atoms with E-state index in [9.17, 15) is 0 Å². The molecule has 1 nitrogen and oxygen atoms in total. The second-order valence-corrected chi connectivity index (χ2v) is 6.25. The van der Waals surface area contributed by atoms with Crippen LogP contribution in [0.15, 0.2) is 53.3 Å². The number of thioether (sulfide) groups is 1. The lowest BCUT2D eigenvalue weighted by molar-refractivity contribution is 0.834. The molecule has 0 spiro atoms. The largest absolute Gasteiger partial charge is 0.332 e. The fourth-order valence-electron chi connectivity index (χ4n) is 2.62. The van der Waals surface area contributed by atoms with Gasteiger partial charge < -0.3 is 4.90 Å². The van der Waals surface area contributed by atoms with E-state index in [4.69, 9.17) is 0 Å². The monoisotopic (exact) mass is 257 g/mol. The molecule has 0 radical (unpaired) electrons. The van der Waals surface area contributed by atoms with Crippen molar-refractivity contribution >= 4 is 34.5 Å². The summed E-state index contributed by atoms with van der Waals surface area (Å²) < 4.78 is 0. The Morgan fingerprint density at radius 2 is 1.94 bits per heavy atom. The Balaban J connectivity index is 1.88. The SMILES string of the molecule is C1=CC2C(S1)c1sccc1N2c1ccccc1. The molecule has 1 aromatic heterocycles. The molecule has 0 amide bonds. The van der Waals surface area contributed by atoms with Crippen LogP contribution < -0.4 is 4.90 Å². The van der Waals surface area contributed by atoms with E-state index < -0.39 is 0 Å². The summed E-state index contributed by atoms with van der Waals surface area (Å²) in [4.78, 5) is 3.99. The van der Waals surface area contributed by atoms with Crippen LogP contribution in [0, 0.1) is 0 Å². The van der Waals surface area contributed by atoms with Gasteiger partial charge in [0.15, 0.2) is 0 Å². The zero-order valence-corrected chi connectivity index (χ0v) is 10.7. The van der Waals surface area contributed by atoms with Crippen LogP contribution in [0.3, 0.4) is 0 Å². The van der Waals surface area contributed by atoms with Crippen molar-refractivity contribution in [3.05, 3.63) is 58.1 Å². The Kier molecular flexibility index (Phi) is 2.11. The van der Waals surface area contributed by atoms with E-state index in [1.807, 2.05) is 23.1 Å². The molecule has 3 heteroatoms. The Hall–Kier alpha value is -1.19. The van der Waals surface area contributed by atoms with Crippen LogP contribution in [0.5, 0.6) is 0 Å². The molecule has 3 heterocycles. The first kappa shape index (κ1) is 9.80. The summed E-state index contributed by atoms with van der Waals surface area (Å²) in [6.07, 6.45) is 2.33. The number of para-hydroxylation sites is 1. The van der Waals surface area contributed by atoms with Crippen LogP contribution in [-0.2, 0) is 0 Å². The van der Waals surface area contributed by atoms with Crippen molar-refractivity contribution in [3.8, 4) is 0 Å². The second kappa shape index (κ2) is 3.65. The van der Waals surface area contributed by atoms with Gasteiger partial charge in [-0.1, -0.05) is 24.3 Å². The number of rotatable bonds is 1. The third-order valence-corrected chi connectivity index (χ3v) is 5.60. The van der Waals surface area contributed by atoms with Gasteiger partial charge in [-0.15, -0.1) is 23.1 Å². The summed E-state index contributed by atoms with van der Waals surface area (Å²) in [5.41, 5.74) is 2.69. The predicted octanol–water partition coefficient (Wildman–Crippen LogP) is 4.57. The van der Waals surface area contributed by atoms with Gasteiger partial charge in [-0.2, -0.15) is 0 Å². The van der Waals surface area contributed by atoms with Crippen LogP contribution in [0.2, 0.25) is 0 Å². The van der Waals surface area contributed by atoms with Crippen molar-refractivity contribution in [2.45, 2.75) is 11.3 Å². The van der Waals surface area contributed by atoms with E-state index in [0.29, 0.717) is 11.3 Å². The number of thiophene rings is 1. The van der Waals surface area contributed by atoms with Gasteiger partial charge in [0.2, 0.25) is 0 Å². The first-order chi connectivity index (χ1) is 8.45. The number of fused-ring (bicyclic) bond motifs is 3. The van der Waals surface area contributed by atoms with Crippen LogP contribution >= 0.6 is 23.1 Å². The third-order valence-electron chi connectivity index (χ3n) is 3.33. The van der Waals surface area contributed by atoms with Crippen LogP contribution in [0.4, 0.5) is 11.4 Å². The molecule has 17 heavy (non-hydrogen) atoms. The molecule has 2 unspecified atom stereocenters. The molecular formula is C14H11NS2. The van der Waals surface area contributed by atoms with Crippen molar-refractivity contribution < 1.29 is 0 Å². The number of hydrogen-bond donors (Lipinski definition) is 0. The molecule has 0 aliphatic carbocycles. The van der Waals surface area contributed by atoms with Crippen molar-refractivity contribution in [1.82, 2.24) is 0 Å². The Labute approximate surface area is 109 Å². The summed E-state index contributed by atoms with van der Waals surface area (Å²) in [5.74, 6) is 0. The van der Waals surface area contributed by atoms with Crippen molar-refractivity contribution in [3.63, 3.8) is 0 Å². The standard InChI is InChI=1S/C14H11NS2/c1-2-4-10(5-3-1)15-11-6-8-16-13(11)14-12(15)7-9-17-14/h1-9,11,13H. The molecule has 2 aromatic rings. The topological polar surface area (TPSA) is 3.24 Å². The molecule has 1 aromatic carbocycles. The molecule has 84 valence electrons. The molecule has 2 aliphatic rings. The Bertz CT molecular complexity index is 573. The lowest BCUT2D eigenvalue weighted by Gasteiger charge is -2.25. The first-order valence-corrected chi connectivity index (χ1v) is 7.51. The highest BCUT2D eigenvalue weighted by Gasteiger charge is 2.41. The van der Waals surface area contributed by atoms with E-state index in [1.54, 1.807) is 0 Å². The average Bonchev–Trinajstić information content (AvgIpc) is 3.01. The van der Waals surface area contributed by atoms with Crippen molar-refractivity contribution in [2.75, 3.05) is 4.90 Å². The smallest absolute Gasteiger partial charge is 0.0702 e. The van der Waals surface area contributed by atoms with E-state index >= 15 is 0 Å². The highest BCUT2D eigenvalue weighted by molar-refractivity contribution is 8.02. The molecule has 2 aliphatic heterocycles.